The summed E-state index contributed by atoms with van der Waals surface area (Å²) in [4.78, 5) is 14.3. The molecule has 0 bridgehead atoms. The van der Waals surface area contributed by atoms with Gasteiger partial charge in [0.25, 0.3) is 0 Å². The SMILES string of the molecule is COc1ccc(S(=O)(=O)N(CC(O)CN2C(=O)CC(O)[C@@H]2Cc2ccccc2)CC2CCCC2)cc1. The lowest BCUT2D eigenvalue weighted by Gasteiger charge is -2.31. The summed E-state index contributed by atoms with van der Waals surface area (Å²) >= 11 is 0. The normalized spacial score (nSPS) is 21.9. The van der Waals surface area contributed by atoms with Crippen molar-refractivity contribution in [3.05, 3.63) is 60.2 Å². The molecule has 1 saturated heterocycles. The quantitative estimate of drug-likeness (QED) is 0.475. The number of carbonyl (C=O) groups excluding carboxylic acids is 1. The van der Waals surface area contributed by atoms with Crippen LogP contribution < -0.4 is 4.74 Å². The standard InChI is InChI=1S/C27H36N2O6S/c1-35-23-11-13-24(14-12-23)36(33,34)28(17-21-9-5-6-10-21)18-22(30)19-29-25(26(31)16-27(29)32)15-20-7-3-2-4-8-20/h2-4,7-8,11-14,21-22,25-26,30-31H,5-6,9-10,15-19H2,1H3/t22?,25-,26?/m0/s1. The number of likely N-dealkylation sites (tertiary alicyclic amines) is 1. The molecule has 8 nitrogen and oxygen atoms in total. The highest BCUT2D eigenvalue weighted by atomic mass is 32.2. The summed E-state index contributed by atoms with van der Waals surface area (Å²) < 4.78 is 33.6. The number of benzene rings is 2. The van der Waals surface area contributed by atoms with E-state index in [1.54, 1.807) is 12.1 Å². The van der Waals surface area contributed by atoms with Gasteiger partial charge in [0.1, 0.15) is 5.75 Å². The van der Waals surface area contributed by atoms with Gasteiger partial charge >= 0.3 is 0 Å². The molecule has 1 amide bonds. The Morgan fingerprint density at radius 1 is 1.08 bits per heavy atom. The maximum Gasteiger partial charge on any atom is 0.243 e. The maximum atomic E-state index is 13.6. The van der Waals surface area contributed by atoms with Gasteiger partial charge in [-0.3, -0.25) is 4.79 Å². The number of hydrogen-bond acceptors (Lipinski definition) is 6. The fourth-order valence-electron chi connectivity index (χ4n) is 5.33. The van der Waals surface area contributed by atoms with Crippen LogP contribution in [0.3, 0.4) is 0 Å². The Bertz CT molecular complexity index is 1100. The average molecular weight is 517 g/mol. The van der Waals surface area contributed by atoms with Crippen molar-refractivity contribution in [1.82, 2.24) is 9.21 Å². The summed E-state index contributed by atoms with van der Waals surface area (Å²) in [7, 11) is -2.34. The molecule has 0 spiro atoms. The van der Waals surface area contributed by atoms with Gasteiger partial charge < -0.3 is 19.8 Å². The largest absolute Gasteiger partial charge is 0.497 e. The van der Waals surface area contributed by atoms with Gasteiger partial charge in [-0.05, 0) is 55.0 Å². The van der Waals surface area contributed by atoms with E-state index in [9.17, 15) is 23.4 Å². The Morgan fingerprint density at radius 2 is 1.75 bits per heavy atom. The number of nitrogens with zero attached hydrogens (tertiary/aromatic N) is 2. The van der Waals surface area contributed by atoms with Crippen molar-refractivity contribution >= 4 is 15.9 Å². The van der Waals surface area contributed by atoms with Gasteiger partial charge in [0.05, 0.1) is 36.7 Å². The van der Waals surface area contributed by atoms with Crippen LogP contribution in [0.1, 0.15) is 37.7 Å². The van der Waals surface area contributed by atoms with E-state index >= 15 is 0 Å². The minimum absolute atomic E-state index is 0.000154. The van der Waals surface area contributed by atoms with Crippen molar-refractivity contribution in [2.75, 3.05) is 26.7 Å². The zero-order valence-corrected chi connectivity index (χ0v) is 21.5. The van der Waals surface area contributed by atoms with Crippen molar-refractivity contribution in [2.24, 2.45) is 5.92 Å². The summed E-state index contributed by atoms with van der Waals surface area (Å²) in [5, 5.41) is 21.6. The van der Waals surface area contributed by atoms with Gasteiger partial charge in [-0.25, -0.2) is 8.42 Å². The highest BCUT2D eigenvalue weighted by Gasteiger charge is 2.40. The van der Waals surface area contributed by atoms with Crippen LogP contribution in [-0.4, -0.2) is 78.7 Å². The number of sulfonamides is 1. The van der Waals surface area contributed by atoms with Crippen LogP contribution in [-0.2, 0) is 21.2 Å². The Labute approximate surface area is 213 Å². The molecule has 1 heterocycles. The molecule has 3 atom stereocenters. The first-order valence-corrected chi connectivity index (χ1v) is 14.1. The first-order valence-electron chi connectivity index (χ1n) is 12.6. The number of hydrogen-bond donors (Lipinski definition) is 2. The average Bonchev–Trinajstić information content (AvgIpc) is 3.47. The molecule has 36 heavy (non-hydrogen) atoms. The number of β-amino-alcohol motifs (C(OH)–C–C–N with tert-alkyl or cyclic N) is 1. The molecule has 2 fully saturated rings. The first kappa shape index (κ1) is 26.6. The second kappa shape index (κ2) is 11.7. The predicted octanol–water partition coefficient (Wildman–Crippen LogP) is 2.44. The van der Waals surface area contributed by atoms with Crippen molar-refractivity contribution in [1.29, 1.82) is 0 Å². The fourth-order valence-corrected chi connectivity index (χ4v) is 6.89. The van der Waals surface area contributed by atoms with Crippen LogP contribution >= 0.6 is 0 Å². The maximum absolute atomic E-state index is 13.6. The molecule has 0 aromatic heterocycles. The number of ether oxygens (including phenoxy) is 1. The van der Waals surface area contributed by atoms with Gasteiger partial charge in [0.2, 0.25) is 15.9 Å². The fraction of sp³-hybridized carbons (Fsp3) is 0.519. The minimum atomic E-state index is -3.86. The van der Waals surface area contributed by atoms with E-state index in [1.807, 2.05) is 30.3 Å². The predicted molar refractivity (Wildman–Crippen MR) is 136 cm³/mol. The summed E-state index contributed by atoms with van der Waals surface area (Å²) in [5.41, 5.74) is 0.987. The molecule has 0 radical (unpaired) electrons. The second-order valence-corrected chi connectivity index (χ2v) is 11.8. The molecular formula is C27H36N2O6S. The molecule has 2 aliphatic rings. The summed E-state index contributed by atoms with van der Waals surface area (Å²) in [5.74, 6) is 0.570. The van der Waals surface area contributed by atoms with Crippen LogP contribution in [0.2, 0.25) is 0 Å². The highest BCUT2D eigenvalue weighted by molar-refractivity contribution is 7.89. The van der Waals surface area contributed by atoms with E-state index < -0.39 is 28.3 Å². The van der Waals surface area contributed by atoms with E-state index in [0.717, 1.165) is 31.2 Å². The van der Waals surface area contributed by atoms with Crippen LogP contribution in [0.15, 0.2) is 59.5 Å². The molecule has 196 valence electrons. The molecule has 9 heteroatoms. The minimum Gasteiger partial charge on any atom is -0.497 e. The molecule has 2 N–H and O–H groups in total. The van der Waals surface area contributed by atoms with E-state index in [4.69, 9.17) is 4.74 Å². The highest BCUT2D eigenvalue weighted by Crippen LogP contribution is 2.29. The van der Waals surface area contributed by atoms with Crippen LogP contribution in [0.4, 0.5) is 0 Å². The first-order chi connectivity index (χ1) is 17.3. The van der Waals surface area contributed by atoms with E-state index in [1.165, 1.54) is 28.4 Å². The Hall–Kier alpha value is -2.46. The molecule has 1 aliphatic heterocycles. The lowest BCUT2D eigenvalue weighted by atomic mass is 10.0. The van der Waals surface area contributed by atoms with E-state index in [2.05, 4.69) is 0 Å². The van der Waals surface area contributed by atoms with Crippen molar-refractivity contribution < 1.29 is 28.2 Å². The van der Waals surface area contributed by atoms with Gasteiger partial charge in [-0.2, -0.15) is 4.31 Å². The molecule has 4 rings (SSSR count). The molecule has 2 aromatic rings. The number of carbonyl (C=O) groups is 1. The monoisotopic (exact) mass is 516 g/mol. The number of rotatable bonds is 11. The Morgan fingerprint density at radius 3 is 2.39 bits per heavy atom. The lowest BCUT2D eigenvalue weighted by Crippen LogP contribution is -2.47. The van der Waals surface area contributed by atoms with Gasteiger partial charge in [0, 0.05) is 19.6 Å². The third kappa shape index (κ3) is 6.26. The Balaban J connectivity index is 1.50. The zero-order chi connectivity index (χ0) is 25.7. The van der Waals surface area contributed by atoms with Gasteiger partial charge in [-0.15, -0.1) is 0 Å². The summed E-state index contributed by atoms with van der Waals surface area (Å²) in [6.07, 6.45) is 2.61. The number of aliphatic hydroxyl groups excluding tert-OH is 2. The number of aliphatic hydroxyl groups is 2. The van der Waals surface area contributed by atoms with Crippen LogP contribution in [0.5, 0.6) is 5.75 Å². The third-order valence-electron chi connectivity index (χ3n) is 7.29. The third-order valence-corrected chi connectivity index (χ3v) is 9.14. The molecule has 2 unspecified atom stereocenters. The number of methoxy groups -OCH3 is 1. The second-order valence-electron chi connectivity index (χ2n) is 9.88. The van der Waals surface area contributed by atoms with Crippen molar-refractivity contribution in [3.63, 3.8) is 0 Å². The summed E-state index contributed by atoms with van der Waals surface area (Å²) in [6.45, 7) is 0.172. The molecule has 1 saturated carbocycles. The molecule has 2 aromatic carbocycles. The van der Waals surface area contributed by atoms with Crippen LogP contribution in [0, 0.1) is 5.92 Å². The lowest BCUT2D eigenvalue weighted by molar-refractivity contribution is -0.130. The van der Waals surface area contributed by atoms with Gasteiger partial charge in [-0.1, -0.05) is 43.2 Å². The van der Waals surface area contributed by atoms with E-state index in [0.29, 0.717) is 18.7 Å². The topological polar surface area (TPSA) is 107 Å². The summed E-state index contributed by atoms with van der Waals surface area (Å²) in [6, 6.07) is 15.4. The van der Waals surface area contributed by atoms with Crippen molar-refractivity contribution in [2.45, 2.75) is 61.7 Å². The van der Waals surface area contributed by atoms with Gasteiger partial charge in [0.15, 0.2) is 0 Å². The zero-order valence-electron chi connectivity index (χ0n) is 20.7. The Kier molecular flexibility index (Phi) is 8.66. The van der Waals surface area contributed by atoms with Crippen LogP contribution in [0.25, 0.3) is 0 Å². The smallest absolute Gasteiger partial charge is 0.243 e. The molecular weight excluding hydrogens is 480 g/mol. The van der Waals surface area contributed by atoms with Crippen molar-refractivity contribution in [3.8, 4) is 5.75 Å². The molecule has 1 aliphatic carbocycles. The number of amides is 1. The van der Waals surface area contributed by atoms with E-state index in [-0.39, 0.29) is 36.2 Å².